The van der Waals surface area contributed by atoms with Crippen LogP contribution < -0.4 is 0 Å². The van der Waals surface area contributed by atoms with E-state index in [4.69, 9.17) is 14.2 Å². The molecule has 1 fully saturated rings. The zero-order chi connectivity index (χ0) is 22.9. The fourth-order valence-electron chi connectivity index (χ4n) is 3.32. The maximum absolute atomic E-state index is 14.1. The highest BCUT2D eigenvalue weighted by atomic mass is 127. The second kappa shape index (κ2) is 9.16. The Hall–Kier alpha value is -2.50. The molecule has 0 saturated carbocycles. The topological polar surface area (TPSA) is 44.8 Å². The van der Waals surface area contributed by atoms with Gasteiger partial charge in [-0.3, -0.25) is 0 Å². The molecule has 1 saturated heterocycles. The van der Waals surface area contributed by atoms with Crippen LogP contribution in [0.15, 0.2) is 60.7 Å². The van der Waals surface area contributed by atoms with Gasteiger partial charge >= 0.3 is 5.97 Å². The number of ether oxygens (including phenoxy) is 3. The van der Waals surface area contributed by atoms with E-state index in [2.05, 4.69) is 0 Å². The molecule has 0 atom stereocenters. The normalized spacial score (nSPS) is 16.0. The minimum atomic E-state index is -1.50. The summed E-state index contributed by atoms with van der Waals surface area (Å²) < 4.78 is 71.9. The molecule has 1 aliphatic rings. The van der Waals surface area contributed by atoms with Crippen LogP contribution in [-0.2, 0) is 20.0 Å². The summed E-state index contributed by atoms with van der Waals surface area (Å²) in [5.41, 5.74) is 0.346. The van der Waals surface area contributed by atoms with Crippen LogP contribution in [0.5, 0.6) is 0 Å². The van der Waals surface area contributed by atoms with Gasteiger partial charge in [0.1, 0.15) is 17.7 Å². The highest BCUT2D eigenvalue weighted by Gasteiger charge is 2.42. The number of hydrogen-bond acceptors (Lipinski definition) is 4. The van der Waals surface area contributed by atoms with Crippen LogP contribution in [0.3, 0.4) is 0 Å². The molecular formula is C23H15F4IO4. The van der Waals surface area contributed by atoms with Gasteiger partial charge in [0.15, 0.2) is 11.6 Å². The highest BCUT2D eigenvalue weighted by Crippen LogP contribution is 2.38. The van der Waals surface area contributed by atoms with Gasteiger partial charge in [0.05, 0.1) is 22.3 Å². The van der Waals surface area contributed by atoms with E-state index < -0.39 is 46.7 Å². The third-order valence-electron chi connectivity index (χ3n) is 4.92. The molecule has 0 N–H and O–H groups in total. The zero-order valence-electron chi connectivity index (χ0n) is 16.3. The van der Waals surface area contributed by atoms with Crippen molar-refractivity contribution in [3.05, 3.63) is 104 Å². The molecule has 4 nitrogen and oxygen atoms in total. The SMILES string of the molecule is O=C(OC1COC(c2ccc(F)cc2)(c2ccc(F)cc2)OC1)c1ccc(I)c(F)c1F. The average Bonchev–Trinajstić information content (AvgIpc) is 2.79. The van der Waals surface area contributed by atoms with Crippen molar-refractivity contribution in [2.24, 2.45) is 0 Å². The van der Waals surface area contributed by atoms with E-state index in [9.17, 15) is 22.4 Å². The van der Waals surface area contributed by atoms with Crippen LogP contribution in [-0.4, -0.2) is 25.3 Å². The van der Waals surface area contributed by atoms with Crippen molar-refractivity contribution >= 4 is 28.6 Å². The molecule has 0 radical (unpaired) electrons. The summed E-state index contributed by atoms with van der Waals surface area (Å²) in [5, 5.41) is 0. The molecule has 0 aromatic heterocycles. The van der Waals surface area contributed by atoms with Crippen LogP contribution in [0.2, 0.25) is 0 Å². The Morgan fingerprint density at radius 2 is 1.31 bits per heavy atom. The lowest BCUT2D eigenvalue weighted by Crippen LogP contribution is -2.46. The monoisotopic (exact) mass is 558 g/mol. The summed E-state index contributed by atoms with van der Waals surface area (Å²) in [4.78, 5) is 12.3. The smallest absolute Gasteiger partial charge is 0.341 e. The van der Waals surface area contributed by atoms with Crippen molar-refractivity contribution in [2.45, 2.75) is 11.9 Å². The number of benzene rings is 3. The number of carbonyl (C=O) groups excluding carboxylic acids is 1. The van der Waals surface area contributed by atoms with Gasteiger partial charge in [-0.2, -0.15) is 0 Å². The molecule has 0 spiro atoms. The summed E-state index contributed by atoms with van der Waals surface area (Å²) in [7, 11) is 0. The van der Waals surface area contributed by atoms with Gasteiger partial charge in [0, 0.05) is 11.1 Å². The van der Waals surface area contributed by atoms with E-state index in [1.54, 1.807) is 22.6 Å². The van der Waals surface area contributed by atoms with Crippen LogP contribution in [0.4, 0.5) is 17.6 Å². The minimum absolute atomic E-state index is 0.0318. The first-order valence-electron chi connectivity index (χ1n) is 9.44. The number of esters is 1. The van der Waals surface area contributed by atoms with Gasteiger partial charge in [-0.15, -0.1) is 0 Å². The Morgan fingerprint density at radius 1 is 0.812 bits per heavy atom. The molecule has 3 aromatic rings. The largest absolute Gasteiger partial charge is 0.454 e. The molecule has 1 heterocycles. The third kappa shape index (κ3) is 4.37. The van der Waals surface area contributed by atoms with Crippen LogP contribution in [0.1, 0.15) is 21.5 Å². The number of hydrogen-bond donors (Lipinski definition) is 0. The summed E-state index contributed by atoms with van der Waals surface area (Å²) >= 11 is 1.61. The zero-order valence-corrected chi connectivity index (χ0v) is 18.4. The molecule has 3 aromatic carbocycles. The molecular weight excluding hydrogens is 543 g/mol. The van der Waals surface area contributed by atoms with Crippen molar-refractivity contribution in [1.82, 2.24) is 0 Å². The Balaban J connectivity index is 1.55. The van der Waals surface area contributed by atoms with E-state index in [-0.39, 0.29) is 16.8 Å². The van der Waals surface area contributed by atoms with Gasteiger partial charge in [-0.1, -0.05) is 24.3 Å². The minimum Gasteiger partial charge on any atom is -0.454 e. The van der Waals surface area contributed by atoms with Crippen molar-refractivity contribution in [3.8, 4) is 0 Å². The Morgan fingerprint density at radius 3 is 1.81 bits per heavy atom. The van der Waals surface area contributed by atoms with Gasteiger partial charge in [-0.05, 0) is 59.0 Å². The summed E-state index contributed by atoms with van der Waals surface area (Å²) in [5.74, 6) is -5.92. The molecule has 0 bridgehead atoms. The molecule has 4 rings (SSSR count). The molecule has 0 aliphatic carbocycles. The second-order valence-electron chi connectivity index (χ2n) is 7.00. The predicted octanol–water partition coefficient (Wildman–Crippen LogP) is 5.32. The summed E-state index contributed by atoms with van der Waals surface area (Å²) in [6.07, 6.45) is -0.918. The van der Waals surface area contributed by atoms with Crippen molar-refractivity contribution in [2.75, 3.05) is 13.2 Å². The first-order chi connectivity index (χ1) is 15.3. The molecule has 0 amide bonds. The molecule has 1 aliphatic heterocycles. The Bertz CT molecular complexity index is 1080. The van der Waals surface area contributed by atoms with E-state index >= 15 is 0 Å². The molecule has 0 unspecified atom stereocenters. The summed E-state index contributed by atoms with van der Waals surface area (Å²) in [6.45, 7) is -0.316. The lowest BCUT2D eigenvalue weighted by molar-refractivity contribution is -0.277. The van der Waals surface area contributed by atoms with Crippen molar-refractivity contribution in [1.29, 1.82) is 0 Å². The summed E-state index contributed by atoms with van der Waals surface area (Å²) in [6, 6.07) is 13.2. The maximum atomic E-state index is 14.1. The van der Waals surface area contributed by atoms with Crippen LogP contribution in [0.25, 0.3) is 0 Å². The molecule has 166 valence electrons. The van der Waals surface area contributed by atoms with Crippen molar-refractivity contribution in [3.63, 3.8) is 0 Å². The van der Waals surface area contributed by atoms with Gasteiger partial charge < -0.3 is 14.2 Å². The van der Waals surface area contributed by atoms with Gasteiger partial charge in [0.25, 0.3) is 0 Å². The van der Waals surface area contributed by atoms with Gasteiger partial charge in [-0.25, -0.2) is 22.4 Å². The number of halogens is 5. The van der Waals surface area contributed by atoms with E-state index in [1.807, 2.05) is 0 Å². The standard InChI is InChI=1S/C23H15F4IO4/c24-15-5-1-13(2-6-15)23(14-3-7-16(25)8-4-14)30-11-17(12-31-23)32-22(29)18-9-10-19(28)21(27)20(18)26/h1-10,17H,11-12H2. The second-order valence-corrected chi connectivity index (χ2v) is 8.16. The van der Waals surface area contributed by atoms with E-state index in [0.29, 0.717) is 11.1 Å². The van der Waals surface area contributed by atoms with E-state index in [1.165, 1.54) is 54.6 Å². The lowest BCUT2D eigenvalue weighted by atomic mass is 9.96. The first-order valence-corrected chi connectivity index (χ1v) is 10.5. The number of carbonyl (C=O) groups is 1. The van der Waals surface area contributed by atoms with Crippen LogP contribution >= 0.6 is 22.6 Å². The van der Waals surface area contributed by atoms with E-state index in [0.717, 1.165) is 6.07 Å². The van der Waals surface area contributed by atoms with Crippen LogP contribution in [0, 0.1) is 26.8 Å². The fourth-order valence-corrected chi connectivity index (χ4v) is 3.73. The predicted molar refractivity (Wildman–Crippen MR) is 114 cm³/mol. The quantitative estimate of drug-likeness (QED) is 0.188. The Labute approximate surface area is 194 Å². The molecule has 9 heteroatoms. The average molecular weight is 558 g/mol. The fraction of sp³-hybridized carbons (Fsp3) is 0.174. The van der Waals surface area contributed by atoms with Crippen molar-refractivity contribution < 1.29 is 36.6 Å². The third-order valence-corrected chi connectivity index (χ3v) is 5.76. The lowest BCUT2D eigenvalue weighted by Gasteiger charge is -2.40. The first kappa shape index (κ1) is 22.7. The Kier molecular flexibility index (Phi) is 6.50. The number of rotatable bonds is 4. The molecule has 32 heavy (non-hydrogen) atoms. The highest BCUT2D eigenvalue weighted by molar-refractivity contribution is 14.1. The van der Waals surface area contributed by atoms with Gasteiger partial charge in [0.2, 0.25) is 5.79 Å². The maximum Gasteiger partial charge on any atom is 0.341 e.